The zero-order valence-electron chi connectivity index (χ0n) is 11.7. The lowest BCUT2D eigenvalue weighted by atomic mass is 10.2. The van der Waals surface area contributed by atoms with Crippen LogP contribution in [0.5, 0.6) is 0 Å². The molecule has 20 heavy (non-hydrogen) atoms. The Morgan fingerprint density at radius 2 is 2.05 bits per heavy atom. The van der Waals surface area contributed by atoms with Gasteiger partial charge in [0.1, 0.15) is 11.3 Å². The van der Waals surface area contributed by atoms with E-state index in [1.807, 2.05) is 12.1 Å². The number of fused-ring (bicyclic) bond motifs is 1. The van der Waals surface area contributed by atoms with Gasteiger partial charge in [-0.1, -0.05) is 0 Å². The Hall–Kier alpha value is -1.75. The van der Waals surface area contributed by atoms with Gasteiger partial charge in [0.15, 0.2) is 5.65 Å². The molecule has 2 aromatic heterocycles. The van der Waals surface area contributed by atoms with Gasteiger partial charge >= 0.3 is 0 Å². The van der Waals surface area contributed by atoms with Crippen molar-refractivity contribution in [1.29, 1.82) is 0 Å². The molecule has 0 aromatic carbocycles. The van der Waals surface area contributed by atoms with Crippen LogP contribution in [0.15, 0.2) is 24.5 Å². The van der Waals surface area contributed by atoms with Crippen molar-refractivity contribution in [3.63, 3.8) is 0 Å². The van der Waals surface area contributed by atoms with Crippen LogP contribution in [-0.4, -0.2) is 44.5 Å². The van der Waals surface area contributed by atoms with Gasteiger partial charge in [0.2, 0.25) is 0 Å². The minimum atomic E-state index is 0.493. The van der Waals surface area contributed by atoms with E-state index >= 15 is 0 Å². The number of likely N-dealkylation sites (tertiary alicyclic amines) is 1. The summed E-state index contributed by atoms with van der Waals surface area (Å²) in [4.78, 5) is 15.7. The molecule has 0 amide bonds. The van der Waals surface area contributed by atoms with Crippen LogP contribution in [0.1, 0.15) is 26.2 Å². The monoisotopic (exact) mass is 269 g/mol. The maximum absolute atomic E-state index is 4.55. The first-order chi connectivity index (χ1) is 9.79. The number of aromatic nitrogens is 3. The molecule has 1 aliphatic heterocycles. The van der Waals surface area contributed by atoms with Crippen LogP contribution in [-0.2, 0) is 0 Å². The third-order valence-electron chi connectivity index (χ3n) is 4.32. The summed E-state index contributed by atoms with van der Waals surface area (Å²) in [6, 6.07) is 6.00. The van der Waals surface area contributed by atoms with Crippen molar-refractivity contribution < 1.29 is 0 Å². The second-order valence-corrected chi connectivity index (χ2v) is 5.95. The summed E-state index contributed by atoms with van der Waals surface area (Å²) < 4.78 is 0. The Balaban J connectivity index is 1.50. The second-order valence-electron chi connectivity index (χ2n) is 5.95. The topological polar surface area (TPSA) is 53.9 Å². The summed E-state index contributed by atoms with van der Waals surface area (Å²) in [5.74, 6) is 0.910. The Morgan fingerprint density at radius 3 is 2.90 bits per heavy atom. The third-order valence-corrected chi connectivity index (χ3v) is 4.32. The molecule has 1 saturated carbocycles. The fourth-order valence-corrected chi connectivity index (χ4v) is 3.22. The third kappa shape index (κ3) is 2.22. The number of hydrogen-bond donors (Lipinski definition) is 1. The van der Waals surface area contributed by atoms with E-state index in [4.69, 9.17) is 0 Å². The van der Waals surface area contributed by atoms with Crippen LogP contribution >= 0.6 is 0 Å². The van der Waals surface area contributed by atoms with Crippen molar-refractivity contribution in [2.24, 2.45) is 0 Å². The molecule has 4 rings (SSSR count). The van der Waals surface area contributed by atoms with Crippen LogP contribution in [0, 0.1) is 0 Å². The molecule has 2 unspecified atom stereocenters. The Labute approximate surface area is 118 Å². The van der Waals surface area contributed by atoms with Crippen molar-refractivity contribution >= 4 is 17.0 Å². The van der Waals surface area contributed by atoms with Crippen molar-refractivity contribution in [2.45, 2.75) is 44.3 Å². The van der Waals surface area contributed by atoms with E-state index < -0.39 is 0 Å². The normalized spacial score (nSPS) is 27.1. The van der Waals surface area contributed by atoms with E-state index in [2.05, 4.69) is 32.1 Å². The van der Waals surface area contributed by atoms with Crippen LogP contribution in [0.2, 0.25) is 0 Å². The minimum absolute atomic E-state index is 0.493. The summed E-state index contributed by atoms with van der Waals surface area (Å²) in [5, 5.41) is 3.56. The van der Waals surface area contributed by atoms with Gasteiger partial charge in [0.05, 0.1) is 0 Å². The molecule has 5 nitrogen and oxygen atoms in total. The molecule has 1 aliphatic carbocycles. The van der Waals surface area contributed by atoms with E-state index in [9.17, 15) is 0 Å². The molecule has 0 spiro atoms. The van der Waals surface area contributed by atoms with E-state index in [-0.39, 0.29) is 0 Å². The van der Waals surface area contributed by atoms with Gasteiger partial charge in [-0.15, -0.1) is 0 Å². The zero-order chi connectivity index (χ0) is 13.5. The lowest BCUT2D eigenvalue weighted by Gasteiger charge is -2.19. The van der Waals surface area contributed by atoms with E-state index in [1.54, 1.807) is 12.4 Å². The molecule has 2 atom stereocenters. The molecule has 0 bridgehead atoms. The maximum atomic E-state index is 4.55. The largest absolute Gasteiger partial charge is 0.366 e. The standard InChI is InChI=1S/C15H19N5/c1-10-8-11(9-20(10)12-2-3-12)18-14-5-4-13-15(19-14)17-7-6-16-13/h4-7,10-12H,2-3,8-9H2,1H3,(H,17,18,19). The number of anilines is 1. The summed E-state index contributed by atoms with van der Waals surface area (Å²) in [6.45, 7) is 3.46. The summed E-state index contributed by atoms with van der Waals surface area (Å²) in [5.41, 5.74) is 1.56. The molecule has 5 heteroatoms. The molecular weight excluding hydrogens is 250 g/mol. The molecule has 2 aromatic rings. The van der Waals surface area contributed by atoms with Gasteiger partial charge in [-0.05, 0) is 38.3 Å². The van der Waals surface area contributed by atoms with Gasteiger partial charge in [-0.3, -0.25) is 9.88 Å². The Morgan fingerprint density at radius 1 is 1.20 bits per heavy atom. The molecule has 1 saturated heterocycles. The molecular formula is C15H19N5. The summed E-state index contributed by atoms with van der Waals surface area (Å²) >= 11 is 0. The van der Waals surface area contributed by atoms with E-state index in [0.717, 1.165) is 23.9 Å². The predicted octanol–water partition coefficient (Wildman–Crippen LogP) is 2.06. The molecule has 2 fully saturated rings. The van der Waals surface area contributed by atoms with Crippen LogP contribution in [0.4, 0.5) is 5.82 Å². The smallest absolute Gasteiger partial charge is 0.180 e. The second kappa shape index (κ2) is 4.66. The first-order valence-corrected chi connectivity index (χ1v) is 7.39. The number of hydrogen-bond acceptors (Lipinski definition) is 5. The highest BCUT2D eigenvalue weighted by atomic mass is 15.3. The molecule has 104 valence electrons. The predicted molar refractivity (Wildman–Crippen MR) is 78.6 cm³/mol. The van der Waals surface area contributed by atoms with E-state index in [0.29, 0.717) is 17.7 Å². The van der Waals surface area contributed by atoms with Gasteiger partial charge < -0.3 is 5.32 Å². The lowest BCUT2D eigenvalue weighted by Crippen LogP contribution is -2.31. The number of rotatable bonds is 3. The number of nitrogens with zero attached hydrogens (tertiary/aromatic N) is 4. The lowest BCUT2D eigenvalue weighted by molar-refractivity contribution is 0.257. The molecule has 0 radical (unpaired) electrons. The Bertz CT molecular complexity index is 624. The Kier molecular flexibility index (Phi) is 2.80. The average molecular weight is 269 g/mol. The maximum Gasteiger partial charge on any atom is 0.180 e. The minimum Gasteiger partial charge on any atom is -0.366 e. The highest BCUT2D eigenvalue weighted by Crippen LogP contribution is 2.33. The fraction of sp³-hybridized carbons (Fsp3) is 0.533. The number of nitrogens with one attached hydrogen (secondary N) is 1. The first kappa shape index (κ1) is 12.0. The van der Waals surface area contributed by atoms with Crippen molar-refractivity contribution in [2.75, 3.05) is 11.9 Å². The van der Waals surface area contributed by atoms with Crippen LogP contribution in [0.25, 0.3) is 11.2 Å². The SMILES string of the molecule is CC1CC(Nc2ccc3nccnc3n2)CN1C1CC1. The fourth-order valence-electron chi connectivity index (χ4n) is 3.22. The number of pyridine rings is 1. The highest BCUT2D eigenvalue weighted by Gasteiger charge is 2.38. The molecule has 2 aliphatic rings. The van der Waals surface area contributed by atoms with Gasteiger partial charge in [-0.25, -0.2) is 9.97 Å². The first-order valence-electron chi connectivity index (χ1n) is 7.39. The van der Waals surface area contributed by atoms with Crippen molar-refractivity contribution in [3.05, 3.63) is 24.5 Å². The van der Waals surface area contributed by atoms with Gasteiger partial charge in [0, 0.05) is 37.1 Å². The molecule has 3 heterocycles. The van der Waals surface area contributed by atoms with Crippen LogP contribution < -0.4 is 5.32 Å². The van der Waals surface area contributed by atoms with Crippen LogP contribution in [0.3, 0.4) is 0 Å². The molecule has 1 N–H and O–H groups in total. The quantitative estimate of drug-likeness (QED) is 0.924. The van der Waals surface area contributed by atoms with Crippen molar-refractivity contribution in [1.82, 2.24) is 19.9 Å². The zero-order valence-corrected chi connectivity index (χ0v) is 11.7. The average Bonchev–Trinajstić information content (AvgIpc) is 3.23. The van der Waals surface area contributed by atoms with E-state index in [1.165, 1.54) is 19.3 Å². The van der Waals surface area contributed by atoms with Crippen molar-refractivity contribution in [3.8, 4) is 0 Å². The summed E-state index contributed by atoms with van der Waals surface area (Å²) in [6.07, 6.45) is 7.33. The highest BCUT2D eigenvalue weighted by molar-refractivity contribution is 5.71. The van der Waals surface area contributed by atoms with Gasteiger partial charge in [0.25, 0.3) is 0 Å². The van der Waals surface area contributed by atoms with Gasteiger partial charge in [-0.2, -0.15) is 0 Å². The summed E-state index contributed by atoms with van der Waals surface area (Å²) in [7, 11) is 0.